The van der Waals surface area contributed by atoms with Crippen molar-refractivity contribution in [3.8, 4) is 0 Å². The van der Waals surface area contributed by atoms with Crippen molar-refractivity contribution in [1.29, 1.82) is 0 Å². The fraction of sp³-hybridized carbons (Fsp3) is 0.462. The number of nitrogen functional groups attached to an aromatic ring is 1. The van der Waals surface area contributed by atoms with Crippen LogP contribution in [0.15, 0.2) is 18.2 Å². The zero-order valence-corrected chi connectivity index (χ0v) is 12.5. The highest BCUT2D eigenvalue weighted by atomic mass is 35.5. The Labute approximate surface area is 125 Å². The van der Waals surface area contributed by atoms with E-state index in [1.54, 1.807) is 18.2 Å². The van der Waals surface area contributed by atoms with Gasteiger partial charge in [-0.2, -0.15) is 0 Å². The van der Waals surface area contributed by atoms with Crippen molar-refractivity contribution in [2.45, 2.75) is 18.1 Å². The molecule has 7 heteroatoms. The van der Waals surface area contributed by atoms with Crippen LogP contribution in [0, 0.1) is 0 Å². The Balaban J connectivity index is 1.88. The Kier molecular flexibility index (Phi) is 5.39. The molecule has 1 aromatic rings. The number of hydrogen-bond acceptors (Lipinski definition) is 4. The summed E-state index contributed by atoms with van der Waals surface area (Å²) < 4.78 is 17.3. The molecule has 2 rings (SSSR count). The van der Waals surface area contributed by atoms with Crippen LogP contribution in [0.1, 0.15) is 12.8 Å². The van der Waals surface area contributed by atoms with Gasteiger partial charge in [-0.25, -0.2) is 0 Å². The van der Waals surface area contributed by atoms with Gasteiger partial charge in [-0.3, -0.25) is 9.00 Å². The van der Waals surface area contributed by atoms with E-state index in [2.05, 4.69) is 5.32 Å². The number of ether oxygens (including phenoxy) is 1. The van der Waals surface area contributed by atoms with Gasteiger partial charge in [0.05, 0.1) is 10.7 Å². The second kappa shape index (κ2) is 7.06. The molecule has 5 nitrogen and oxygen atoms in total. The van der Waals surface area contributed by atoms with Crippen molar-refractivity contribution in [2.24, 2.45) is 0 Å². The zero-order chi connectivity index (χ0) is 14.5. The van der Waals surface area contributed by atoms with Gasteiger partial charge in [0.25, 0.3) is 0 Å². The van der Waals surface area contributed by atoms with E-state index in [1.807, 2.05) is 0 Å². The van der Waals surface area contributed by atoms with Gasteiger partial charge in [0.15, 0.2) is 0 Å². The Hall–Kier alpha value is -1.11. The van der Waals surface area contributed by atoms with Crippen molar-refractivity contribution in [2.75, 3.05) is 30.0 Å². The summed E-state index contributed by atoms with van der Waals surface area (Å²) in [5.74, 6) is -0.288. The van der Waals surface area contributed by atoms with Gasteiger partial charge in [0.1, 0.15) is 5.75 Å². The summed E-state index contributed by atoms with van der Waals surface area (Å²) in [6.45, 7) is 1.23. The summed E-state index contributed by atoms with van der Waals surface area (Å²) in [4.78, 5) is 11.9. The number of benzene rings is 1. The van der Waals surface area contributed by atoms with E-state index in [0.717, 1.165) is 12.8 Å². The highest BCUT2D eigenvalue weighted by Crippen LogP contribution is 2.22. The fourth-order valence-corrected chi connectivity index (χ4v) is 3.41. The van der Waals surface area contributed by atoms with Crippen LogP contribution < -0.4 is 11.1 Å². The van der Waals surface area contributed by atoms with Crippen molar-refractivity contribution < 1.29 is 13.7 Å². The van der Waals surface area contributed by atoms with E-state index in [9.17, 15) is 9.00 Å². The summed E-state index contributed by atoms with van der Waals surface area (Å²) in [6.07, 6.45) is 1.49. The van der Waals surface area contributed by atoms with Crippen molar-refractivity contribution >= 4 is 39.7 Å². The summed E-state index contributed by atoms with van der Waals surface area (Å²) in [7, 11) is -1.17. The summed E-state index contributed by atoms with van der Waals surface area (Å²) in [5, 5.41) is 3.16. The lowest BCUT2D eigenvalue weighted by atomic mass is 10.2. The number of amides is 1. The minimum absolute atomic E-state index is 0.00675. The molecule has 0 radical (unpaired) electrons. The average molecular weight is 317 g/mol. The molecule has 1 fully saturated rings. The molecule has 20 heavy (non-hydrogen) atoms. The third-order valence-corrected chi connectivity index (χ3v) is 5.20. The summed E-state index contributed by atoms with van der Waals surface area (Å²) in [5.41, 5.74) is 6.61. The van der Waals surface area contributed by atoms with Crippen molar-refractivity contribution in [3.63, 3.8) is 0 Å². The van der Waals surface area contributed by atoms with Crippen molar-refractivity contribution in [3.05, 3.63) is 23.2 Å². The van der Waals surface area contributed by atoms with Crippen LogP contribution in [-0.4, -0.2) is 34.3 Å². The third kappa shape index (κ3) is 4.19. The van der Waals surface area contributed by atoms with Crippen LogP contribution in [-0.2, 0) is 20.3 Å². The largest absolute Gasteiger partial charge is 0.397 e. The minimum atomic E-state index is -1.17. The molecule has 0 saturated carbocycles. The highest BCUT2D eigenvalue weighted by Gasteiger charge is 2.22. The van der Waals surface area contributed by atoms with E-state index in [-0.39, 0.29) is 16.9 Å². The normalized spacial score (nSPS) is 17.6. The maximum Gasteiger partial charge on any atom is 0.237 e. The van der Waals surface area contributed by atoms with Crippen LogP contribution in [0.5, 0.6) is 0 Å². The number of carbonyl (C=O) groups is 1. The summed E-state index contributed by atoms with van der Waals surface area (Å²) >= 11 is 5.80. The number of rotatable bonds is 4. The fourth-order valence-electron chi connectivity index (χ4n) is 2.00. The highest BCUT2D eigenvalue weighted by molar-refractivity contribution is 7.86. The standard InChI is InChI=1S/C13H17ClN2O3S/c14-11-2-1-9(7-12(11)15)16-13(17)8-20(18)10-3-5-19-6-4-10/h1-2,7,10H,3-6,8,15H2,(H,16,17). The zero-order valence-electron chi connectivity index (χ0n) is 10.9. The topological polar surface area (TPSA) is 81.4 Å². The molecular weight excluding hydrogens is 300 g/mol. The molecule has 3 N–H and O–H groups in total. The molecule has 1 atom stereocenters. The molecule has 1 unspecified atom stereocenters. The van der Waals surface area contributed by atoms with Crippen LogP contribution in [0.4, 0.5) is 11.4 Å². The maximum absolute atomic E-state index is 12.1. The minimum Gasteiger partial charge on any atom is -0.397 e. The van der Waals surface area contributed by atoms with Gasteiger partial charge in [-0.05, 0) is 31.0 Å². The quantitative estimate of drug-likeness (QED) is 0.830. The van der Waals surface area contributed by atoms with E-state index in [1.165, 1.54) is 0 Å². The Morgan fingerprint density at radius 3 is 2.80 bits per heavy atom. The van der Waals surface area contributed by atoms with Crippen LogP contribution in [0.3, 0.4) is 0 Å². The average Bonchev–Trinajstić information content (AvgIpc) is 2.44. The predicted molar refractivity (Wildman–Crippen MR) is 81.3 cm³/mol. The van der Waals surface area contributed by atoms with Crippen molar-refractivity contribution in [1.82, 2.24) is 0 Å². The first-order valence-corrected chi connectivity index (χ1v) is 8.12. The first kappa shape index (κ1) is 15.3. The van der Waals surface area contributed by atoms with Gasteiger partial charge in [-0.15, -0.1) is 0 Å². The molecular formula is C13H17ClN2O3S. The van der Waals surface area contributed by atoms with E-state index in [4.69, 9.17) is 22.1 Å². The van der Waals surface area contributed by atoms with Crippen LogP contribution in [0.25, 0.3) is 0 Å². The Bertz CT molecular complexity index is 518. The second-order valence-corrected chi connectivity index (χ2v) is 6.75. The number of carbonyl (C=O) groups excluding carboxylic acids is 1. The monoisotopic (exact) mass is 316 g/mol. The van der Waals surface area contributed by atoms with Gasteiger partial charge >= 0.3 is 0 Å². The molecule has 0 spiro atoms. The molecule has 1 aliphatic heterocycles. The second-order valence-electron chi connectivity index (χ2n) is 4.62. The molecule has 0 aromatic heterocycles. The summed E-state index contributed by atoms with van der Waals surface area (Å²) in [6, 6.07) is 4.85. The lowest BCUT2D eigenvalue weighted by Crippen LogP contribution is -2.30. The molecule has 1 heterocycles. The molecule has 110 valence electrons. The molecule has 0 aliphatic carbocycles. The molecule has 1 aliphatic rings. The Morgan fingerprint density at radius 2 is 2.15 bits per heavy atom. The lowest BCUT2D eigenvalue weighted by Gasteiger charge is -2.21. The van der Waals surface area contributed by atoms with E-state index in [0.29, 0.717) is 29.6 Å². The van der Waals surface area contributed by atoms with Gasteiger partial charge in [0, 0.05) is 35.0 Å². The molecule has 1 amide bonds. The number of anilines is 2. The van der Waals surface area contributed by atoms with E-state index >= 15 is 0 Å². The molecule has 1 saturated heterocycles. The predicted octanol–water partition coefficient (Wildman–Crippen LogP) is 1.79. The van der Waals surface area contributed by atoms with E-state index < -0.39 is 10.8 Å². The first-order valence-electron chi connectivity index (χ1n) is 6.36. The maximum atomic E-state index is 12.1. The smallest absolute Gasteiger partial charge is 0.237 e. The number of nitrogens with two attached hydrogens (primary N) is 1. The number of hydrogen-bond donors (Lipinski definition) is 2. The lowest BCUT2D eigenvalue weighted by molar-refractivity contribution is -0.113. The van der Waals surface area contributed by atoms with Crippen LogP contribution >= 0.6 is 11.6 Å². The SMILES string of the molecule is Nc1cc(NC(=O)CS(=O)C2CCOCC2)ccc1Cl. The first-order chi connectivity index (χ1) is 9.56. The van der Waals surface area contributed by atoms with Crippen LogP contribution in [0.2, 0.25) is 5.02 Å². The third-order valence-electron chi connectivity index (χ3n) is 3.09. The van der Waals surface area contributed by atoms with Gasteiger partial charge in [-0.1, -0.05) is 11.6 Å². The number of halogens is 1. The molecule has 0 bridgehead atoms. The van der Waals surface area contributed by atoms with Gasteiger partial charge in [0.2, 0.25) is 5.91 Å². The van der Waals surface area contributed by atoms with Gasteiger partial charge < -0.3 is 15.8 Å². The number of nitrogens with one attached hydrogen (secondary N) is 1. The molecule has 1 aromatic carbocycles. The Morgan fingerprint density at radius 1 is 1.45 bits per heavy atom.